The predicted molar refractivity (Wildman–Crippen MR) is 86.7 cm³/mol. The van der Waals surface area contributed by atoms with E-state index in [4.69, 9.17) is 11.6 Å². The number of nitrogens with zero attached hydrogens (tertiary/aromatic N) is 1. The number of hydrogen-bond acceptors (Lipinski definition) is 5. The second kappa shape index (κ2) is 8.72. The fourth-order valence-electron chi connectivity index (χ4n) is 2.03. The van der Waals surface area contributed by atoms with Crippen LogP contribution in [0.2, 0.25) is 5.02 Å². The molecular formula is C15H18ClFN2O6. The van der Waals surface area contributed by atoms with Crippen molar-refractivity contribution < 1.29 is 29.1 Å². The molecule has 0 aliphatic rings. The molecule has 0 saturated heterocycles. The van der Waals surface area contributed by atoms with Crippen molar-refractivity contribution >= 4 is 29.2 Å². The molecule has 0 saturated carbocycles. The molecular weight excluding hydrogens is 359 g/mol. The number of rotatable bonds is 8. The van der Waals surface area contributed by atoms with Gasteiger partial charge < -0.3 is 15.5 Å². The first-order chi connectivity index (χ1) is 11.5. The van der Waals surface area contributed by atoms with Gasteiger partial charge in [0, 0.05) is 12.5 Å². The number of carbonyl (C=O) groups excluding carboxylic acids is 1. The average Bonchev–Trinajstić information content (AvgIpc) is 2.51. The second-order valence-electron chi connectivity index (χ2n) is 5.85. The van der Waals surface area contributed by atoms with Crippen LogP contribution in [0, 0.1) is 21.8 Å². The summed E-state index contributed by atoms with van der Waals surface area (Å²) in [6.45, 7) is 3.77. The highest BCUT2D eigenvalue weighted by Gasteiger charge is 2.32. The van der Waals surface area contributed by atoms with Gasteiger partial charge in [0.2, 0.25) is 11.7 Å². The van der Waals surface area contributed by atoms with E-state index in [2.05, 4.69) is 5.32 Å². The Morgan fingerprint density at radius 3 is 2.48 bits per heavy atom. The van der Waals surface area contributed by atoms with Crippen molar-refractivity contribution in [3.8, 4) is 0 Å². The van der Waals surface area contributed by atoms with Gasteiger partial charge in [0.05, 0.1) is 9.95 Å². The Balaban J connectivity index is 3.07. The first kappa shape index (κ1) is 20.8. The number of nitro benzene ring substituents is 1. The number of nitrogens with one attached hydrogen (secondary N) is 1. The van der Waals surface area contributed by atoms with Gasteiger partial charge in [-0.05, 0) is 24.0 Å². The third kappa shape index (κ3) is 5.64. The van der Waals surface area contributed by atoms with Gasteiger partial charge in [-0.3, -0.25) is 14.9 Å². The number of carbonyl (C=O) groups is 2. The number of amides is 1. The Morgan fingerprint density at radius 2 is 2.00 bits per heavy atom. The number of benzene rings is 1. The van der Waals surface area contributed by atoms with Crippen LogP contribution in [-0.2, 0) is 9.59 Å². The van der Waals surface area contributed by atoms with E-state index in [1.54, 1.807) is 0 Å². The van der Waals surface area contributed by atoms with Gasteiger partial charge in [0.1, 0.15) is 6.10 Å². The highest BCUT2D eigenvalue weighted by molar-refractivity contribution is 6.31. The molecule has 0 fully saturated rings. The maximum atomic E-state index is 13.6. The third-order valence-corrected chi connectivity index (χ3v) is 3.69. The molecule has 1 aromatic rings. The second-order valence-corrected chi connectivity index (χ2v) is 6.26. The fraction of sp³-hybridized carbons (Fsp3) is 0.467. The van der Waals surface area contributed by atoms with Gasteiger partial charge in [-0.2, -0.15) is 4.39 Å². The smallest absolute Gasteiger partial charge is 0.329 e. The van der Waals surface area contributed by atoms with Crippen molar-refractivity contribution in [3.63, 3.8) is 0 Å². The molecule has 0 bridgehead atoms. The minimum atomic E-state index is -1.85. The Hall–Kier alpha value is -2.26. The van der Waals surface area contributed by atoms with Crippen molar-refractivity contribution in [2.45, 2.75) is 38.8 Å². The molecule has 10 heteroatoms. The van der Waals surface area contributed by atoms with Crippen LogP contribution >= 0.6 is 11.6 Å². The van der Waals surface area contributed by atoms with Crippen molar-refractivity contribution in [2.24, 2.45) is 5.92 Å². The van der Waals surface area contributed by atoms with Gasteiger partial charge >= 0.3 is 11.7 Å². The topological polar surface area (TPSA) is 130 Å². The molecule has 3 N–H and O–H groups in total. The lowest BCUT2D eigenvalue weighted by atomic mass is 10.0. The van der Waals surface area contributed by atoms with Crippen LogP contribution in [0.4, 0.5) is 10.1 Å². The normalized spacial score (nSPS) is 13.4. The highest BCUT2D eigenvalue weighted by atomic mass is 35.5. The molecule has 138 valence electrons. The number of aliphatic hydroxyl groups excluding tert-OH is 1. The van der Waals surface area contributed by atoms with Crippen LogP contribution in [0.5, 0.6) is 0 Å². The molecule has 0 aliphatic heterocycles. The highest BCUT2D eigenvalue weighted by Crippen LogP contribution is 2.30. The van der Waals surface area contributed by atoms with Crippen LogP contribution in [0.3, 0.4) is 0 Å². The average molecular weight is 377 g/mol. The van der Waals surface area contributed by atoms with Crippen molar-refractivity contribution in [2.75, 3.05) is 0 Å². The molecule has 0 heterocycles. The van der Waals surface area contributed by atoms with Gasteiger partial charge in [-0.25, -0.2) is 4.79 Å². The zero-order valence-electron chi connectivity index (χ0n) is 13.5. The zero-order valence-corrected chi connectivity index (χ0v) is 14.3. The van der Waals surface area contributed by atoms with E-state index in [0.29, 0.717) is 12.5 Å². The quantitative estimate of drug-likeness (QED) is 0.472. The van der Waals surface area contributed by atoms with Gasteiger partial charge in [-0.1, -0.05) is 25.4 Å². The molecule has 2 unspecified atom stereocenters. The maximum Gasteiger partial charge on any atom is 0.329 e. The lowest BCUT2D eigenvalue weighted by Crippen LogP contribution is -2.45. The summed E-state index contributed by atoms with van der Waals surface area (Å²) in [5.74, 6) is -3.22. The Kier molecular flexibility index (Phi) is 7.25. The Labute approximate surface area is 147 Å². The van der Waals surface area contributed by atoms with Crippen molar-refractivity contribution in [1.82, 2.24) is 5.32 Å². The minimum absolute atomic E-state index is 0.0541. The molecule has 0 radical (unpaired) electrons. The number of aliphatic carboxylic acids is 1. The Bertz CT molecular complexity index is 682. The first-order valence-electron chi connectivity index (χ1n) is 7.38. The summed E-state index contributed by atoms with van der Waals surface area (Å²) in [6.07, 6.45) is -1.28. The molecule has 2 atom stereocenters. The number of hydrogen-bond donors (Lipinski definition) is 3. The standard InChI is InChI=1S/C15H18ClFN2O6/c1-7(2)3-4-11(20)18-13(15(22)23)14(21)8-5-9(16)12(17)10(6-8)19(24)25/h5-7,13-14,21H,3-4H2,1-2H3,(H,18,20)(H,22,23). The summed E-state index contributed by atoms with van der Waals surface area (Å²) in [4.78, 5) is 32.9. The van der Waals surface area contributed by atoms with E-state index in [1.165, 1.54) is 0 Å². The van der Waals surface area contributed by atoms with E-state index in [0.717, 1.165) is 6.07 Å². The number of carboxylic acids is 1. The molecule has 0 spiro atoms. The summed E-state index contributed by atoms with van der Waals surface area (Å²) < 4.78 is 13.6. The maximum absolute atomic E-state index is 13.6. The van der Waals surface area contributed by atoms with E-state index >= 15 is 0 Å². The van der Waals surface area contributed by atoms with Crippen LogP contribution < -0.4 is 5.32 Å². The number of nitro groups is 1. The molecule has 25 heavy (non-hydrogen) atoms. The zero-order chi connectivity index (χ0) is 19.3. The van der Waals surface area contributed by atoms with Gasteiger partial charge in [0.25, 0.3) is 0 Å². The lowest BCUT2D eigenvalue weighted by molar-refractivity contribution is -0.387. The Morgan fingerprint density at radius 1 is 1.40 bits per heavy atom. The number of carboxylic acid groups (broad SMARTS) is 1. The summed E-state index contributed by atoms with van der Waals surface area (Å²) in [7, 11) is 0. The summed E-state index contributed by atoms with van der Waals surface area (Å²) in [5, 5.41) is 31.8. The SMILES string of the molecule is CC(C)CCC(=O)NC(C(=O)O)C(O)c1cc(Cl)c(F)c([N+](=O)[O-])c1. The molecule has 0 aromatic heterocycles. The van der Waals surface area contributed by atoms with Crippen LogP contribution in [0.25, 0.3) is 0 Å². The minimum Gasteiger partial charge on any atom is -0.480 e. The summed E-state index contributed by atoms with van der Waals surface area (Å²) >= 11 is 5.56. The monoisotopic (exact) mass is 376 g/mol. The van der Waals surface area contributed by atoms with Crippen LogP contribution in [-0.4, -0.2) is 33.1 Å². The fourth-order valence-corrected chi connectivity index (χ4v) is 2.25. The molecule has 1 rings (SSSR count). The molecule has 0 aliphatic carbocycles. The van der Waals surface area contributed by atoms with E-state index < -0.39 is 45.5 Å². The molecule has 1 aromatic carbocycles. The van der Waals surface area contributed by atoms with Gasteiger partial charge in [-0.15, -0.1) is 0 Å². The third-order valence-electron chi connectivity index (χ3n) is 3.42. The largest absolute Gasteiger partial charge is 0.480 e. The van der Waals surface area contributed by atoms with Crippen molar-refractivity contribution in [3.05, 3.63) is 38.7 Å². The molecule has 8 nitrogen and oxygen atoms in total. The van der Waals surface area contributed by atoms with E-state index in [9.17, 15) is 34.3 Å². The number of halogens is 2. The van der Waals surface area contributed by atoms with Crippen molar-refractivity contribution in [1.29, 1.82) is 0 Å². The van der Waals surface area contributed by atoms with E-state index in [-0.39, 0.29) is 17.9 Å². The summed E-state index contributed by atoms with van der Waals surface area (Å²) in [6, 6.07) is -0.201. The first-order valence-corrected chi connectivity index (χ1v) is 7.76. The van der Waals surface area contributed by atoms with E-state index in [1.807, 2.05) is 13.8 Å². The van der Waals surface area contributed by atoms with Crippen LogP contribution in [0.1, 0.15) is 38.4 Å². The lowest BCUT2D eigenvalue weighted by Gasteiger charge is -2.21. The summed E-state index contributed by atoms with van der Waals surface area (Å²) in [5.41, 5.74) is -1.30. The number of aliphatic hydroxyl groups is 1. The van der Waals surface area contributed by atoms with Gasteiger partial charge in [0.15, 0.2) is 6.04 Å². The van der Waals surface area contributed by atoms with Crippen LogP contribution in [0.15, 0.2) is 12.1 Å². The molecule has 1 amide bonds. The predicted octanol–water partition coefficient (Wildman–Crippen LogP) is 2.43.